The van der Waals surface area contributed by atoms with Crippen LogP contribution in [0.4, 0.5) is 0 Å². The average molecular weight is 393 g/mol. The van der Waals surface area contributed by atoms with Crippen molar-refractivity contribution in [2.75, 3.05) is 20.3 Å². The van der Waals surface area contributed by atoms with E-state index < -0.39 is 24.3 Å². The van der Waals surface area contributed by atoms with Gasteiger partial charge in [-0.05, 0) is 35.4 Å². The molecule has 0 saturated heterocycles. The number of benzene rings is 2. The van der Waals surface area contributed by atoms with Crippen LogP contribution in [-0.4, -0.2) is 48.1 Å². The number of carbonyl (C=O) groups excluding carboxylic acids is 2. The van der Waals surface area contributed by atoms with E-state index in [9.17, 15) is 14.4 Å². The lowest BCUT2D eigenvalue weighted by atomic mass is 9.92. The van der Waals surface area contributed by atoms with Crippen LogP contribution in [0.1, 0.15) is 21.5 Å². The highest BCUT2D eigenvalue weighted by Crippen LogP contribution is 2.33. The zero-order valence-electron chi connectivity index (χ0n) is 15.8. The molecule has 0 aromatic heterocycles. The summed E-state index contributed by atoms with van der Waals surface area (Å²) in [6.45, 7) is 3.21. The number of hydrogen-bond donors (Lipinski definition) is 1. The molecule has 7 nitrogen and oxygen atoms in total. The molecule has 0 aliphatic carbocycles. The Morgan fingerprint density at radius 1 is 1.10 bits per heavy atom. The van der Waals surface area contributed by atoms with Crippen molar-refractivity contribution in [1.82, 2.24) is 4.90 Å². The number of ether oxygens (including phenoxy) is 2. The number of amides is 2. The molecule has 1 N–H and O–H groups in total. The Labute approximate surface area is 167 Å². The number of rotatable bonds is 7. The summed E-state index contributed by atoms with van der Waals surface area (Å²) in [7, 11) is 1.50. The zero-order valence-corrected chi connectivity index (χ0v) is 15.8. The Bertz CT molecular complexity index is 1020. The number of methoxy groups -OCH3 is 1. The Morgan fingerprint density at radius 2 is 1.83 bits per heavy atom. The highest BCUT2D eigenvalue weighted by molar-refractivity contribution is 6.34. The van der Waals surface area contributed by atoms with Crippen molar-refractivity contribution in [2.24, 2.45) is 0 Å². The summed E-state index contributed by atoms with van der Waals surface area (Å²) in [6.07, 6.45) is 3.21. The minimum atomic E-state index is -1.27. The third kappa shape index (κ3) is 4.03. The zero-order chi connectivity index (χ0) is 21.0. The van der Waals surface area contributed by atoms with Crippen molar-refractivity contribution in [3.63, 3.8) is 0 Å². The van der Waals surface area contributed by atoms with Gasteiger partial charge < -0.3 is 14.6 Å². The van der Waals surface area contributed by atoms with Crippen molar-refractivity contribution >= 4 is 29.4 Å². The van der Waals surface area contributed by atoms with E-state index in [1.807, 2.05) is 0 Å². The van der Waals surface area contributed by atoms with E-state index in [1.165, 1.54) is 7.11 Å². The van der Waals surface area contributed by atoms with Crippen molar-refractivity contribution in [3.05, 3.63) is 71.8 Å². The van der Waals surface area contributed by atoms with Crippen LogP contribution in [0, 0.1) is 0 Å². The van der Waals surface area contributed by atoms with Gasteiger partial charge >= 0.3 is 5.97 Å². The molecule has 3 rings (SSSR count). The van der Waals surface area contributed by atoms with Crippen LogP contribution >= 0.6 is 0 Å². The predicted molar refractivity (Wildman–Crippen MR) is 107 cm³/mol. The summed E-state index contributed by atoms with van der Waals surface area (Å²) in [5, 5.41) is 9.09. The minimum absolute atomic E-state index is 0.225. The van der Waals surface area contributed by atoms with E-state index in [1.54, 1.807) is 54.6 Å². The Kier molecular flexibility index (Phi) is 5.78. The van der Waals surface area contributed by atoms with Crippen molar-refractivity contribution in [1.29, 1.82) is 0 Å². The van der Waals surface area contributed by atoms with E-state index in [4.69, 9.17) is 14.6 Å². The average Bonchev–Trinajstić information content (AvgIpc) is 2.72. The van der Waals surface area contributed by atoms with Crippen molar-refractivity contribution in [2.45, 2.75) is 0 Å². The molecular formula is C22H19NO6. The molecule has 0 fully saturated rings. The fraction of sp³-hybridized carbons (Fsp3) is 0.136. The first-order valence-corrected chi connectivity index (χ1v) is 8.77. The molecule has 0 spiro atoms. The van der Waals surface area contributed by atoms with Gasteiger partial charge in [-0.15, -0.1) is 0 Å². The molecule has 1 aliphatic heterocycles. The number of nitrogens with zero attached hydrogens (tertiary/aromatic N) is 1. The lowest BCUT2D eigenvalue weighted by Crippen LogP contribution is -2.44. The monoisotopic (exact) mass is 393 g/mol. The maximum Gasteiger partial charge on any atom is 0.323 e. The van der Waals surface area contributed by atoms with Gasteiger partial charge in [-0.3, -0.25) is 19.3 Å². The van der Waals surface area contributed by atoms with E-state index in [0.717, 1.165) is 4.90 Å². The van der Waals surface area contributed by atoms with E-state index in [2.05, 4.69) is 6.58 Å². The molecule has 7 heteroatoms. The topological polar surface area (TPSA) is 93.1 Å². The lowest BCUT2D eigenvalue weighted by Gasteiger charge is -2.27. The van der Waals surface area contributed by atoms with Crippen LogP contribution in [0.5, 0.6) is 11.5 Å². The van der Waals surface area contributed by atoms with Crippen molar-refractivity contribution < 1.29 is 29.0 Å². The summed E-state index contributed by atoms with van der Waals surface area (Å²) in [5.74, 6) is -1.57. The Morgan fingerprint density at radius 3 is 2.48 bits per heavy atom. The van der Waals surface area contributed by atoms with Crippen molar-refractivity contribution in [3.8, 4) is 11.5 Å². The number of carboxylic acids is 1. The number of imide groups is 1. The van der Waals surface area contributed by atoms with Gasteiger partial charge in [-0.25, -0.2) is 0 Å². The number of aliphatic carboxylic acids is 1. The summed E-state index contributed by atoms with van der Waals surface area (Å²) < 4.78 is 10.9. The van der Waals surface area contributed by atoms with Gasteiger partial charge in [0.15, 0.2) is 11.5 Å². The van der Waals surface area contributed by atoms with Crippen LogP contribution in [0.3, 0.4) is 0 Å². The maximum atomic E-state index is 12.9. The largest absolute Gasteiger partial charge is 0.493 e. The van der Waals surface area contributed by atoms with Gasteiger partial charge in [0.05, 0.1) is 7.11 Å². The quantitative estimate of drug-likeness (QED) is 0.442. The highest BCUT2D eigenvalue weighted by Gasteiger charge is 2.35. The first-order valence-electron chi connectivity index (χ1n) is 8.77. The molecular weight excluding hydrogens is 374 g/mol. The molecule has 1 aliphatic rings. The fourth-order valence-corrected chi connectivity index (χ4v) is 3.03. The van der Waals surface area contributed by atoms with Gasteiger partial charge in [-0.2, -0.15) is 0 Å². The second-order valence-corrected chi connectivity index (χ2v) is 6.20. The highest BCUT2D eigenvalue weighted by atomic mass is 16.5. The molecule has 0 saturated carbocycles. The first-order chi connectivity index (χ1) is 14.0. The lowest BCUT2D eigenvalue weighted by molar-refractivity contribution is -0.141. The number of hydrogen-bond acceptors (Lipinski definition) is 5. The molecule has 0 unspecified atom stereocenters. The third-order valence-corrected chi connectivity index (χ3v) is 4.32. The second-order valence-electron chi connectivity index (χ2n) is 6.20. The molecule has 148 valence electrons. The standard InChI is InChI=1S/C22H19NO6/c1-3-10-29-18-9-8-14(12-19(18)28-2)11-17-15-6-4-5-7-16(15)21(26)23(22(17)27)13-20(24)25/h3-9,11-12H,1,10,13H2,2H3,(H,24,25)/b17-11-. The fourth-order valence-electron chi connectivity index (χ4n) is 3.03. The predicted octanol–water partition coefficient (Wildman–Crippen LogP) is 2.87. The minimum Gasteiger partial charge on any atom is -0.493 e. The van der Waals surface area contributed by atoms with E-state index in [-0.39, 0.29) is 11.1 Å². The summed E-state index contributed by atoms with van der Waals surface area (Å²) in [5.41, 5.74) is 1.59. The molecule has 0 bridgehead atoms. The van der Waals surface area contributed by atoms with E-state index in [0.29, 0.717) is 29.2 Å². The van der Waals surface area contributed by atoms with Crippen LogP contribution < -0.4 is 9.47 Å². The normalized spacial score (nSPS) is 14.5. The van der Waals surface area contributed by atoms with Gasteiger partial charge in [0.25, 0.3) is 11.8 Å². The first kappa shape index (κ1) is 19.9. The smallest absolute Gasteiger partial charge is 0.323 e. The number of carbonyl (C=O) groups is 3. The second kappa shape index (κ2) is 8.43. The van der Waals surface area contributed by atoms with Gasteiger partial charge in [0, 0.05) is 11.1 Å². The molecule has 2 aromatic carbocycles. The van der Waals surface area contributed by atoms with Gasteiger partial charge in [0.2, 0.25) is 0 Å². The molecule has 0 atom stereocenters. The van der Waals surface area contributed by atoms with E-state index >= 15 is 0 Å². The van der Waals surface area contributed by atoms with Crippen LogP contribution in [0.15, 0.2) is 55.1 Å². The molecule has 2 aromatic rings. The Balaban J connectivity index is 2.08. The molecule has 1 heterocycles. The molecule has 2 amide bonds. The molecule has 0 radical (unpaired) electrons. The third-order valence-electron chi connectivity index (χ3n) is 4.32. The number of carboxylic acid groups (broad SMARTS) is 1. The Hall–Kier alpha value is -3.87. The summed E-state index contributed by atoms with van der Waals surface area (Å²) >= 11 is 0. The summed E-state index contributed by atoms with van der Waals surface area (Å²) in [6, 6.07) is 11.7. The van der Waals surface area contributed by atoms with Crippen LogP contribution in [0.2, 0.25) is 0 Å². The molecule has 29 heavy (non-hydrogen) atoms. The van der Waals surface area contributed by atoms with Gasteiger partial charge in [-0.1, -0.05) is 36.9 Å². The summed E-state index contributed by atoms with van der Waals surface area (Å²) in [4.78, 5) is 37.4. The number of fused-ring (bicyclic) bond motifs is 1. The van der Waals surface area contributed by atoms with Gasteiger partial charge in [0.1, 0.15) is 13.2 Å². The van der Waals surface area contributed by atoms with Crippen LogP contribution in [0.25, 0.3) is 11.6 Å². The SMILES string of the molecule is C=CCOc1ccc(/C=C2\C(=O)N(CC(=O)O)C(=O)c3ccccc32)cc1OC. The maximum absolute atomic E-state index is 12.9. The van der Waals surface area contributed by atoms with Crippen LogP contribution in [-0.2, 0) is 9.59 Å².